The van der Waals surface area contributed by atoms with E-state index in [9.17, 15) is 13.5 Å². The normalized spacial score (nSPS) is 16.2. The highest BCUT2D eigenvalue weighted by atomic mass is 32.2. The minimum atomic E-state index is -3.69. The maximum atomic E-state index is 13.0. The van der Waals surface area contributed by atoms with Crippen molar-refractivity contribution in [2.45, 2.75) is 11.4 Å². The maximum Gasteiger partial charge on any atom is 0.268 e. The van der Waals surface area contributed by atoms with Crippen LogP contribution in [0.2, 0.25) is 0 Å². The van der Waals surface area contributed by atoms with Crippen LogP contribution in [0.25, 0.3) is 10.9 Å². The number of nitrogens with zero attached hydrogens (tertiary/aromatic N) is 2. The third-order valence-electron chi connectivity index (χ3n) is 4.80. The lowest BCUT2D eigenvalue weighted by Crippen LogP contribution is -2.42. The van der Waals surface area contributed by atoms with Gasteiger partial charge in [-0.05, 0) is 30.3 Å². The lowest BCUT2D eigenvalue weighted by Gasteiger charge is -2.27. The van der Waals surface area contributed by atoms with E-state index in [2.05, 4.69) is 10.2 Å². The van der Waals surface area contributed by atoms with Crippen molar-refractivity contribution in [3.8, 4) is 5.75 Å². The molecule has 3 aromatic rings. The molecule has 135 valence electrons. The molecule has 1 aliphatic rings. The molecule has 1 fully saturated rings. The molecule has 2 heterocycles. The van der Waals surface area contributed by atoms with Gasteiger partial charge in [0.15, 0.2) is 5.75 Å². The van der Waals surface area contributed by atoms with Gasteiger partial charge in [0.05, 0.1) is 10.4 Å². The third-order valence-corrected chi connectivity index (χ3v) is 6.50. The fraction of sp³-hybridized carbons (Fsp3) is 0.263. The van der Waals surface area contributed by atoms with Crippen LogP contribution >= 0.6 is 0 Å². The number of hydrogen-bond donors (Lipinski definition) is 1. The number of nitrogens with one attached hydrogen (secondary N) is 1. The van der Waals surface area contributed by atoms with E-state index >= 15 is 0 Å². The Labute approximate surface area is 152 Å². The molecular weight excluding hydrogens is 350 g/mol. The second-order valence-corrected chi connectivity index (χ2v) is 8.25. The largest absolute Gasteiger partial charge is 0.314 e. The fourth-order valence-corrected chi connectivity index (χ4v) is 4.77. The highest BCUT2D eigenvalue weighted by Crippen LogP contribution is 2.31. The molecule has 1 radical (unpaired) electrons. The minimum absolute atomic E-state index is 0.0501. The van der Waals surface area contributed by atoms with Crippen LogP contribution in [-0.2, 0) is 21.7 Å². The first-order valence-electron chi connectivity index (χ1n) is 8.61. The number of fused-ring (bicyclic) bond motifs is 1. The predicted molar refractivity (Wildman–Crippen MR) is 99.2 cm³/mol. The van der Waals surface area contributed by atoms with Crippen molar-refractivity contribution in [1.82, 2.24) is 14.2 Å². The zero-order valence-electron chi connectivity index (χ0n) is 14.3. The van der Waals surface area contributed by atoms with E-state index in [4.69, 9.17) is 0 Å². The van der Waals surface area contributed by atoms with E-state index in [0.717, 1.165) is 26.2 Å². The van der Waals surface area contributed by atoms with Crippen molar-refractivity contribution >= 4 is 20.9 Å². The van der Waals surface area contributed by atoms with Gasteiger partial charge in [-0.1, -0.05) is 18.2 Å². The Balaban J connectivity index is 1.78. The van der Waals surface area contributed by atoms with Crippen LogP contribution in [0.5, 0.6) is 5.75 Å². The van der Waals surface area contributed by atoms with Crippen molar-refractivity contribution in [3.63, 3.8) is 0 Å². The van der Waals surface area contributed by atoms with Crippen molar-refractivity contribution < 1.29 is 13.5 Å². The van der Waals surface area contributed by atoms with Crippen LogP contribution in [0, 0.1) is 0 Å². The Morgan fingerprint density at radius 2 is 1.69 bits per heavy atom. The first-order valence-corrected chi connectivity index (χ1v) is 10.0. The Morgan fingerprint density at radius 1 is 0.962 bits per heavy atom. The van der Waals surface area contributed by atoms with Gasteiger partial charge in [-0.3, -0.25) is 10.0 Å². The van der Waals surface area contributed by atoms with Gasteiger partial charge in [0, 0.05) is 49.9 Å². The Hall–Kier alpha value is -2.35. The summed E-state index contributed by atoms with van der Waals surface area (Å²) >= 11 is 0. The summed E-state index contributed by atoms with van der Waals surface area (Å²) in [4.78, 5) is 2.45. The molecule has 2 aromatic carbocycles. The summed E-state index contributed by atoms with van der Waals surface area (Å²) in [5.74, 6) is -0.0501. The first-order chi connectivity index (χ1) is 12.6. The summed E-state index contributed by atoms with van der Waals surface area (Å²) in [6.45, 7) is 4.08. The highest BCUT2D eigenvalue weighted by Gasteiger charge is 2.22. The van der Waals surface area contributed by atoms with Crippen molar-refractivity contribution in [2.75, 3.05) is 26.2 Å². The van der Waals surface area contributed by atoms with Gasteiger partial charge in [-0.15, -0.1) is 0 Å². The Bertz CT molecular complexity index is 1020. The highest BCUT2D eigenvalue weighted by molar-refractivity contribution is 7.90. The van der Waals surface area contributed by atoms with Crippen LogP contribution in [0.15, 0.2) is 59.6 Å². The van der Waals surface area contributed by atoms with Crippen LogP contribution in [0.3, 0.4) is 0 Å². The second kappa shape index (κ2) is 6.75. The van der Waals surface area contributed by atoms with Crippen LogP contribution < -0.4 is 5.32 Å². The molecule has 0 unspecified atom stereocenters. The lowest BCUT2D eigenvalue weighted by atomic mass is 10.1. The summed E-state index contributed by atoms with van der Waals surface area (Å²) < 4.78 is 27.2. The molecule has 0 aliphatic carbocycles. The molecule has 7 heteroatoms. The molecule has 1 aliphatic heterocycles. The quantitative estimate of drug-likeness (QED) is 0.765. The number of piperazine rings is 1. The molecule has 6 nitrogen and oxygen atoms in total. The van der Waals surface area contributed by atoms with E-state index < -0.39 is 10.0 Å². The molecule has 0 atom stereocenters. The molecule has 1 N–H and O–H groups in total. The smallest absolute Gasteiger partial charge is 0.268 e. The molecule has 0 saturated carbocycles. The number of hydrogen-bond acceptors (Lipinski definition) is 4. The Morgan fingerprint density at radius 3 is 2.42 bits per heavy atom. The number of benzene rings is 2. The summed E-state index contributed by atoms with van der Waals surface area (Å²) in [7, 11) is -3.69. The van der Waals surface area contributed by atoms with Crippen molar-refractivity contribution in [2.24, 2.45) is 0 Å². The molecule has 1 aromatic heterocycles. The predicted octanol–water partition coefficient (Wildman–Crippen LogP) is 2.43. The van der Waals surface area contributed by atoms with E-state index in [1.165, 1.54) is 16.2 Å². The lowest BCUT2D eigenvalue weighted by molar-refractivity contribution is 0.228. The van der Waals surface area contributed by atoms with Crippen LogP contribution in [-0.4, -0.2) is 43.5 Å². The average Bonchev–Trinajstić information content (AvgIpc) is 3.11. The number of rotatable bonds is 4. The average molecular weight is 370 g/mol. The summed E-state index contributed by atoms with van der Waals surface area (Å²) in [5.41, 5.74) is 1.20. The SMILES string of the molecule is [O]c1ccc2c(ccn2S(=O)(=O)c2ccccc2)c1CN1CCNCC1. The molecule has 1 saturated heterocycles. The third kappa shape index (κ3) is 2.98. The van der Waals surface area contributed by atoms with Gasteiger partial charge >= 0.3 is 0 Å². The van der Waals surface area contributed by atoms with E-state index in [1.807, 2.05) is 0 Å². The van der Waals surface area contributed by atoms with Crippen molar-refractivity contribution in [3.05, 3.63) is 60.3 Å². The zero-order valence-corrected chi connectivity index (χ0v) is 15.1. The van der Waals surface area contributed by atoms with Gasteiger partial charge in [0.25, 0.3) is 10.0 Å². The van der Waals surface area contributed by atoms with Crippen LogP contribution in [0.1, 0.15) is 5.56 Å². The summed E-state index contributed by atoms with van der Waals surface area (Å²) in [6, 6.07) is 13.1. The summed E-state index contributed by atoms with van der Waals surface area (Å²) in [5, 5.41) is 16.4. The standard InChI is InChI=1S/C19H20N3O3S/c23-19-7-6-18-16(17(19)14-21-12-9-20-10-13-21)8-11-22(18)26(24,25)15-4-2-1-3-5-15/h1-8,11,20H,9-10,12-14H2. The monoisotopic (exact) mass is 370 g/mol. The van der Waals surface area contributed by atoms with Gasteiger partial charge < -0.3 is 5.32 Å². The molecule has 0 bridgehead atoms. The number of aromatic nitrogens is 1. The van der Waals surface area contributed by atoms with E-state index in [1.54, 1.807) is 42.5 Å². The second-order valence-electron chi connectivity index (χ2n) is 6.43. The molecule has 0 spiro atoms. The van der Waals surface area contributed by atoms with Crippen LogP contribution in [0.4, 0.5) is 0 Å². The summed E-state index contributed by atoms with van der Waals surface area (Å²) in [6.07, 6.45) is 1.54. The minimum Gasteiger partial charge on any atom is -0.314 e. The first kappa shape index (κ1) is 17.1. The van der Waals surface area contributed by atoms with E-state index in [-0.39, 0.29) is 10.6 Å². The Kier molecular flexibility index (Phi) is 4.44. The molecule has 0 amide bonds. The molecule has 26 heavy (non-hydrogen) atoms. The van der Waals surface area contributed by atoms with Gasteiger partial charge in [-0.25, -0.2) is 12.4 Å². The van der Waals surface area contributed by atoms with Crippen molar-refractivity contribution in [1.29, 1.82) is 0 Å². The molecule has 4 rings (SSSR count). The van der Waals surface area contributed by atoms with E-state index in [0.29, 0.717) is 23.0 Å². The topological polar surface area (TPSA) is 74.2 Å². The molecular formula is C19H20N3O3S. The zero-order chi connectivity index (χ0) is 18.1. The fourth-order valence-electron chi connectivity index (χ4n) is 3.40. The van der Waals surface area contributed by atoms with Gasteiger partial charge in [0.1, 0.15) is 0 Å². The van der Waals surface area contributed by atoms with Gasteiger partial charge in [-0.2, -0.15) is 0 Å². The van der Waals surface area contributed by atoms with Gasteiger partial charge in [0.2, 0.25) is 0 Å². The maximum absolute atomic E-state index is 13.0.